The maximum Gasteiger partial charge on any atom is 0.251 e. The zero-order chi connectivity index (χ0) is 21.3. The van der Waals surface area contributed by atoms with Crippen LogP contribution >= 0.6 is 0 Å². The Morgan fingerprint density at radius 3 is 2.36 bits per heavy atom. The van der Waals surface area contributed by atoms with Crippen LogP contribution in [0.3, 0.4) is 0 Å². The molecule has 0 atom stereocenters. The van der Waals surface area contributed by atoms with Crippen molar-refractivity contribution in [1.82, 2.24) is 10.2 Å². The van der Waals surface area contributed by atoms with Crippen LogP contribution in [0.5, 0.6) is 0 Å². The molecule has 156 valence electrons. The Kier molecular flexibility index (Phi) is 6.25. The van der Waals surface area contributed by atoms with Crippen LogP contribution in [0.25, 0.3) is 0 Å². The molecule has 0 aromatic heterocycles. The van der Waals surface area contributed by atoms with Crippen LogP contribution < -0.4 is 9.62 Å². The molecule has 0 bridgehead atoms. The molecule has 1 aromatic rings. The van der Waals surface area contributed by atoms with E-state index >= 15 is 0 Å². The highest BCUT2D eigenvalue weighted by Crippen LogP contribution is 2.35. The molecule has 28 heavy (non-hydrogen) atoms. The van der Waals surface area contributed by atoms with Crippen LogP contribution in [0, 0.1) is 5.41 Å². The maximum atomic E-state index is 12.6. The summed E-state index contributed by atoms with van der Waals surface area (Å²) >= 11 is 0. The number of nitrogens with one attached hydrogen (secondary N) is 1. The fourth-order valence-electron chi connectivity index (χ4n) is 3.62. The Labute approximate surface area is 168 Å². The lowest BCUT2D eigenvalue weighted by atomic mass is 9.95. The van der Waals surface area contributed by atoms with Gasteiger partial charge in [-0.15, -0.1) is 0 Å². The Balaban J connectivity index is 2.22. The predicted octanol–water partition coefficient (Wildman–Crippen LogP) is 2.24. The molecular weight excluding hydrogens is 378 g/mol. The van der Waals surface area contributed by atoms with Crippen molar-refractivity contribution >= 4 is 27.5 Å². The second-order valence-electron chi connectivity index (χ2n) is 8.43. The van der Waals surface area contributed by atoms with Gasteiger partial charge in [0.15, 0.2) is 0 Å². The van der Waals surface area contributed by atoms with Gasteiger partial charge < -0.3 is 5.32 Å². The first kappa shape index (κ1) is 22.4. The topological polar surface area (TPSA) is 86.8 Å². The minimum Gasteiger partial charge on any atom is -0.350 e. The van der Waals surface area contributed by atoms with Crippen molar-refractivity contribution in [2.45, 2.75) is 47.1 Å². The first-order chi connectivity index (χ1) is 12.9. The van der Waals surface area contributed by atoms with Crippen LogP contribution in [0.4, 0.5) is 5.69 Å². The number of hydrogen-bond acceptors (Lipinski definition) is 5. The van der Waals surface area contributed by atoms with Gasteiger partial charge in [0.25, 0.3) is 5.91 Å². The number of rotatable bonds is 7. The lowest BCUT2D eigenvalue weighted by Crippen LogP contribution is -2.51. The normalized spacial score (nSPS) is 18.5. The summed E-state index contributed by atoms with van der Waals surface area (Å²) in [4.78, 5) is 27.5. The lowest BCUT2D eigenvalue weighted by Gasteiger charge is -2.37. The van der Waals surface area contributed by atoms with E-state index in [0.29, 0.717) is 12.1 Å². The summed E-state index contributed by atoms with van der Waals surface area (Å²) in [5.74, 6) is -1.02. The lowest BCUT2D eigenvalue weighted by molar-refractivity contribution is -0.123. The average Bonchev–Trinajstić information content (AvgIpc) is 2.76. The van der Waals surface area contributed by atoms with Crippen LogP contribution in [-0.4, -0.2) is 56.1 Å². The number of likely N-dealkylation sites (N-methyl/N-ethyl adjacent to an activating group) is 1. The van der Waals surface area contributed by atoms with Gasteiger partial charge >= 0.3 is 0 Å². The monoisotopic (exact) mass is 409 g/mol. The molecule has 1 fully saturated rings. The van der Waals surface area contributed by atoms with E-state index in [0.717, 1.165) is 17.4 Å². The molecule has 0 unspecified atom stereocenters. The molecule has 1 aliphatic heterocycles. The molecule has 0 spiro atoms. The van der Waals surface area contributed by atoms with Crippen LogP contribution in [0.15, 0.2) is 24.3 Å². The molecule has 1 aliphatic rings. The van der Waals surface area contributed by atoms with Crippen LogP contribution in [0.1, 0.15) is 51.9 Å². The summed E-state index contributed by atoms with van der Waals surface area (Å²) in [5.41, 5.74) is -0.674. The van der Waals surface area contributed by atoms with E-state index in [1.807, 2.05) is 0 Å². The van der Waals surface area contributed by atoms with Gasteiger partial charge in [0, 0.05) is 17.6 Å². The van der Waals surface area contributed by atoms with Gasteiger partial charge in [0.05, 0.1) is 16.9 Å². The summed E-state index contributed by atoms with van der Waals surface area (Å²) in [6.45, 7) is 13.7. The zero-order valence-corrected chi connectivity index (χ0v) is 18.4. The molecule has 1 heterocycles. The average molecular weight is 410 g/mol. The third-order valence-corrected chi connectivity index (χ3v) is 7.25. The molecule has 1 N–H and O–H groups in total. The molecule has 2 amide bonds. The Morgan fingerprint density at radius 2 is 1.86 bits per heavy atom. The highest BCUT2D eigenvalue weighted by Gasteiger charge is 2.50. The van der Waals surface area contributed by atoms with E-state index in [2.05, 4.69) is 37.9 Å². The fourth-order valence-corrected chi connectivity index (χ4v) is 5.72. The number of hydrogen-bond donors (Lipinski definition) is 1. The molecule has 1 aromatic carbocycles. The molecule has 8 heteroatoms. The quantitative estimate of drug-likeness (QED) is 0.746. The van der Waals surface area contributed by atoms with Gasteiger partial charge in [-0.2, -0.15) is 0 Å². The van der Waals surface area contributed by atoms with Crippen molar-refractivity contribution in [3.8, 4) is 0 Å². The smallest absolute Gasteiger partial charge is 0.251 e. The largest absolute Gasteiger partial charge is 0.350 e. The predicted molar refractivity (Wildman–Crippen MR) is 111 cm³/mol. The molecule has 0 aliphatic carbocycles. The number of carbonyl (C=O) groups excluding carboxylic acids is 2. The summed E-state index contributed by atoms with van der Waals surface area (Å²) in [6.07, 6.45) is 0. The van der Waals surface area contributed by atoms with Crippen molar-refractivity contribution in [1.29, 1.82) is 0 Å². The Hall–Kier alpha value is -1.93. The molecular formula is C20H31N3O4S. The summed E-state index contributed by atoms with van der Waals surface area (Å²) < 4.78 is 25.8. The molecule has 2 rings (SSSR count). The standard InChI is InChI=1S/C20H31N3O4S/c1-7-22(8-2)20(5,6)13-21-17(24)15-10-9-11-16(12-15)23-18(25)19(3,4)14-28(23,26)27/h9-12H,7-8,13-14H2,1-6H3,(H,21,24). The third-order valence-electron chi connectivity index (χ3n) is 5.23. The van der Waals surface area contributed by atoms with Gasteiger partial charge in [-0.1, -0.05) is 19.9 Å². The first-order valence-corrected chi connectivity index (χ1v) is 11.2. The number of benzene rings is 1. The number of anilines is 1. The molecule has 0 radical (unpaired) electrons. The fraction of sp³-hybridized carbons (Fsp3) is 0.600. The molecule has 7 nitrogen and oxygen atoms in total. The minimum absolute atomic E-state index is 0.200. The van der Waals surface area contributed by atoms with Crippen LogP contribution in [-0.2, 0) is 14.8 Å². The van der Waals surface area contributed by atoms with Crippen molar-refractivity contribution in [3.05, 3.63) is 29.8 Å². The van der Waals surface area contributed by atoms with Crippen molar-refractivity contribution < 1.29 is 18.0 Å². The van der Waals surface area contributed by atoms with E-state index in [1.165, 1.54) is 12.1 Å². The van der Waals surface area contributed by atoms with Crippen molar-refractivity contribution in [2.24, 2.45) is 5.41 Å². The first-order valence-electron chi connectivity index (χ1n) is 9.56. The number of amides is 2. The highest BCUT2D eigenvalue weighted by atomic mass is 32.2. The third kappa shape index (κ3) is 4.38. The SMILES string of the molecule is CCN(CC)C(C)(C)CNC(=O)c1cccc(N2C(=O)C(C)(C)CS2(=O)=O)c1. The second kappa shape index (κ2) is 7.83. The Morgan fingerprint density at radius 1 is 1.25 bits per heavy atom. The van der Waals surface area contributed by atoms with Gasteiger partial charge in [0.1, 0.15) is 0 Å². The van der Waals surface area contributed by atoms with Crippen molar-refractivity contribution in [3.63, 3.8) is 0 Å². The summed E-state index contributed by atoms with van der Waals surface area (Å²) in [6, 6.07) is 6.19. The van der Waals surface area contributed by atoms with E-state index in [4.69, 9.17) is 0 Å². The zero-order valence-electron chi connectivity index (χ0n) is 17.6. The number of carbonyl (C=O) groups is 2. The number of sulfonamides is 1. The van der Waals surface area contributed by atoms with Gasteiger partial charge in [-0.3, -0.25) is 14.5 Å². The van der Waals surface area contributed by atoms with Gasteiger partial charge in [-0.25, -0.2) is 12.7 Å². The summed E-state index contributed by atoms with van der Waals surface area (Å²) in [5, 5.41) is 2.92. The van der Waals surface area contributed by atoms with E-state index < -0.39 is 21.3 Å². The van der Waals surface area contributed by atoms with Crippen LogP contribution in [0.2, 0.25) is 0 Å². The minimum atomic E-state index is -3.75. The summed E-state index contributed by atoms with van der Waals surface area (Å²) in [7, 11) is -3.75. The highest BCUT2D eigenvalue weighted by molar-refractivity contribution is 7.94. The Bertz CT molecular complexity index is 858. The van der Waals surface area contributed by atoms with E-state index in [1.54, 1.807) is 26.0 Å². The van der Waals surface area contributed by atoms with Gasteiger partial charge in [-0.05, 0) is 59.0 Å². The maximum absolute atomic E-state index is 12.6. The van der Waals surface area contributed by atoms with Gasteiger partial charge in [0.2, 0.25) is 15.9 Å². The van der Waals surface area contributed by atoms with E-state index in [-0.39, 0.29) is 22.9 Å². The van der Waals surface area contributed by atoms with Crippen molar-refractivity contribution in [2.75, 3.05) is 29.7 Å². The van der Waals surface area contributed by atoms with E-state index in [9.17, 15) is 18.0 Å². The molecule has 0 saturated carbocycles. The number of nitrogens with zero attached hydrogens (tertiary/aromatic N) is 2. The molecule has 1 saturated heterocycles. The second-order valence-corrected chi connectivity index (χ2v) is 10.2.